The van der Waals surface area contributed by atoms with E-state index in [4.69, 9.17) is 16.3 Å². The fraction of sp³-hybridized carbons (Fsp3) is 0.522. The van der Waals surface area contributed by atoms with Gasteiger partial charge in [-0.1, -0.05) is 48.9 Å². The highest BCUT2D eigenvalue weighted by atomic mass is 35.5. The number of aliphatic hydroxyl groups is 1. The maximum absolute atomic E-state index is 12.7. The fourth-order valence-electron chi connectivity index (χ4n) is 3.19. The Morgan fingerprint density at radius 1 is 1.27 bits per heavy atom. The van der Waals surface area contributed by atoms with Crippen LogP contribution >= 0.6 is 11.6 Å². The molecule has 0 fully saturated rings. The molecule has 0 amide bonds. The topological polar surface area (TPSA) is 89.9 Å². The van der Waals surface area contributed by atoms with E-state index in [1.54, 1.807) is 18.2 Å². The molecule has 1 N–H and O–H groups in total. The smallest absolute Gasteiger partial charge is 0.305 e. The fourth-order valence-corrected chi connectivity index (χ4v) is 3.50. The Labute approximate surface area is 183 Å². The number of Topliss-reactive ketones (excluding diaryl/α,β-unsaturated/α-hetero) is 1. The van der Waals surface area contributed by atoms with Gasteiger partial charge in [-0.2, -0.15) is 0 Å². The number of hydrogen-bond donors (Lipinski definition) is 1. The molecule has 0 bridgehead atoms. The summed E-state index contributed by atoms with van der Waals surface area (Å²) in [5.41, 5.74) is -1.56. The Balaban J connectivity index is 2.92. The van der Waals surface area contributed by atoms with Crippen molar-refractivity contribution in [2.45, 2.75) is 64.1 Å². The van der Waals surface area contributed by atoms with E-state index in [9.17, 15) is 19.5 Å². The van der Waals surface area contributed by atoms with Crippen molar-refractivity contribution in [2.75, 3.05) is 7.11 Å². The molecule has 1 aliphatic rings. The van der Waals surface area contributed by atoms with Crippen molar-refractivity contribution in [3.8, 4) is 0 Å². The highest BCUT2D eigenvalue weighted by Crippen LogP contribution is 2.39. The van der Waals surface area contributed by atoms with Gasteiger partial charge in [0.1, 0.15) is 11.7 Å². The number of methoxy groups -OCH3 is 1. The number of hydrogen-bond acceptors (Lipinski definition) is 6. The zero-order chi connectivity index (χ0) is 22.6. The lowest BCUT2D eigenvalue weighted by molar-refractivity contribution is -0.152. The van der Waals surface area contributed by atoms with Crippen LogP contribution in [0.5, 0.6) is 0 Å². The van der Waals surface area contributed by atoms with Crippen LogP contribution in [0.15, 0.2) is 47.6 Å². The zero-order valence-corrected chi connectivity index (χ0v) is 18.6. The number of unbranched alkanes of at least 4 members (excludes halogenated alkanes) is 1. The van der Waals surface area contributed by atoms with E-state index in [-0.39, 0.29) is 23.8 Å². The molecule has 0 saturated carbocycles. The van der Waals surface area contributed by atoms with E-state index in [0.717, 1.165) is 6.42 Å². The second-order valence-corrected chi connectivity index (χ2v) is 7.49. The molecule has 166 valence electrons. The molecule has 0 spiro atoms. The summed E-state index contributed by atoms with van der Waals surface area (Å²) in [6.45, 7) is 3.29. The highest BCUT2D eigenvalue weighted by molar-refractivity contribution is 6.44. The van der Waals surface area contributed by atoms with Crippen molar-refractivity contribution in [1.82, 2.24) is 0 Å². The number of carbonyl (C=O) groups is 3. The average Bonchev–Trinajstić information content (AvgIpc) is 2.91. The molecule has 0 radical (unpaired) electrons. The number of ketones is 1. The second-order valence-electron chi connectivity index (χ2n) is 7.09. The average molecular weight is 439 g/mol. The highest BCUT2D eigenvalue weighted by Gasteiger charge is 2.50. The third-order valence-corrected chi connectivity index (χ3v) is 4.95. The van der Waals surface area contributed by atoms with E-state index in [2.05, 4.69) is 4.74 Å². The molecule has 30 heavy (non-hydrogen) atoms. The van der Waals surface area contributed by atoms with E-state index in [0.29, 0.717) is 19.3 Å². The molecule has 3 unspecified atom stereocenters. The first-order chi connectivity index (χ1) is 14.2. The number of rotatable bonds is 12. The van der Waals surface area contributed by atoms with Gasteiger partial charge in [-0.15, -0.1) is 0 Å². The third kappa shape index (κ3) is 8.28. The van der Waals surface area contributed by atoms with E-state index >= 15 is 0 Å². The minimum atomic E-state index is -1.56. The van der Waals surface area contributed by atoms with Crippen molar-refractivity contribution in [3.05, 3.63) is 47.6 Å². The predicted octanol–water partition coefficient (Wildman–Crippen LogP) is 4.17. The van der Waals surface area contributed by atoms with E-state index in [1.807, 2.05) is 25.2 Å². The number of allylic oxidation sites excluding steroid dienone is 5. The normalized spacial score (nSPS) is 22.8. The Hall–Kier alpha value is -2.18. The summed E-state index contributed by atoms with van der Waals surface area (Å²) in [7, 11) is 1.33. The van der Waals surface area contributed by atoms with Crippen LogP contribution in [-0.4, -0.2) is 41.6 Å². The second kappa shape index (κ2) is 13.2. The van der Waals surface area contributed by atoms with Crippen molar-refractivity contribution < 1.29 is 29.0 Å². The number of ether oxygens (including phenoxy) is 2. The molecule has 7 heteroatoms. The standard InChI is InChI=1S/C23H31ClO6/c1-4-5-6-7-8-12-15-23(28)16-18(24)22(27)21(23)19(30-17(2)25)13-10-9-11-14-20(26)29-3/h5-6,8,10,12-13,16,19,21,28H,4,7,9,11,14-15H2,1-3H3/b6-5-,12-8-,13-10-. The molecule has 1 rings (SSSR count). The Kier molecular flexibility index (Phi) is 11.4. The molecule has 0 saturated heterocycles. The van der Waals surface area contributed by atoms with Gasteiger partial charge in [0.05, 0.1) is 18.1 Å². The first-order valence-corrected chi connectivity index (χ1v) is 10.5. The van der Waals surface area contributed by atoms with Crippen LogP contribution < -0.4 is 0 Å². The largest absolute Gasteiger partial charge is 0.469 e. The van der Waals surface area contributed by atoms with Crippen molar-refractivity contribution in [2.24, 2.45) is 5.92 Å². The summed E-state index contributed by atoms with van der Waals surface area (Å²) in [6, 6.07) is 0. The molecule has 0 aromatic heterocycles. The first-order valence-electron chi connectivity index (χ1n) is 10.1. The van der Waals surface area contributed by atoms with Gasteiger partial charge in [0.15, 0.2) is 5.78 Å². The Bertz CT molecular complexity index is 721. The third-order valence-electron chi connectivity index (χ3n) is 4.65. The molecule has 0 aromatic rings. The van der Waals surface area contributed by atoms with Gasteiger partial charge in [0.25, 0.3) is 0 Å². The maximum Gasteiger partial charge on any atom is 0.305 e. The van der Waals surface area contributed by atoms with Gasteiger partial charge in [0, 0.05) is 13.3 Å². The molecule has 6 nitrogen and oxygen atoms in total. The summed E-state index contributed by atoms with van der Waals surface area (Å²) in [4.78, 5) is 35.4. The molecule has 0 aliphatic heterocycles. The summed E-state index contributed by atoms with van der Waals surface area (Å²) in [5, 5.41) is 11.1. The minimum Gasteiger partial charge on any atom is -0.469 e. The van der Waals surface area contributed by atoms with Crippen LogP contribution in [-0.2, 0) is 23.9 Å². The number of esters is 2. The Morgan fingerprint density at radius 3 is 2.60 bits per heavy atom. The van der Waals surface area contributed by atoms with E-state index in [1.165, 1.54) is 20.1 Å². The number of carbonyl (C=O) groups excluding carboxylic acids is 3. The van der Waals surface area contributed by atoms with Crippen LogP contribution in [0, 0.1) is 5.92 Å². The van der Waals surface area contributed by atoms with Gasteiger partial charge in [-0.25, -0.2) is 0 Å². The van der Waals surface area contributed by atoms with E-state index < -0.39 is 29.4 Å². The SMILES string of the molecule is CC/C=C\C/C=C\CC1(O)C=C(Cl)C(=O)C1C(/C=C\CCCC(=O)OC)OC(C)=O. The quantitative estimate of drug-likeness (QED) is 0.279. The van der Waals surface area contributed by atoms with Gasteiger partial charge >= 0.3 is 11.9 Å². The lowest BCUT2D eigenvalue weighted by Gasteiger charge is -2.31. The predicted molar refractivity (Wildman–Crippen MR) is 116 cm³/mol. The molecule has 3 atom stereocenters. The minimum absolute atomic E-state index is 0.0713. The summed E-state index contributed by atoms with van der Waals surface area (Å²) < 4.78 is 9.92. The van der Waals surface area contributed by atoms with Crippen molar-refractivity contribution in [1.29, 1.82) is 0 Å². The molecule has 1 aliphatic carbocycles. The van der Waals surface area contributed by atoms with Crippen LogP contribution in [0.4, 0.5) is 0 Å². The van der Waals surface area contributed by atoms with Crippen molar-refractivity contribution >= 4 is 29.3 Å². The molecule has 0 heterocycles. The lowest BCUT2D eigenvalue weighted by atomic mass is 9.82. The van der Waals surface area contributed by atoms with Crippen LogP contribution in [0.1, 0.15) is 52.4 Å². The van der Waals surface area contributed by atoms with Crippen LogP contribution in [0.3, 0.4) is 0 Å². The summed E-state index contributed by atoms with van der Waals surface area (Å²) >= 11 is 6.04. The monoisotopic (exact) mass is 438 g/mol. The van der Waals surface area contributed by atoms with Crippen molar-refractivity contribution in [3.63, 3.8) is 0 Å². The Morgan fingerprint density at radius 2 is 1.97 bits per heavy atom. The number of halogens is 1. The first kappa shape index (κ1) is 25.9. The molecular formula is C23H31ClO6. The summed E-state index contributed by atoms with van der Waals surface area (Å²) in [6.07, 6.45) is 14.5. The van der Waals surface area contributed by atoms with Gasteiger partial charge in [0.2, 0.25) is 0 Å². The molecular weight excluding hydrogens is 408 g/mol. The van der Waals surface area contributed by atoms with Crippen LogP contribution in [0.2, 0.25) is 0 Å². The maximum atomic E-state index is 12.7. The van der Waals surface area contributed by atoms with Gasteiger partial charge in [-0.3, -0.25) is 14.4 Å². The molecule has 0 aromatic carbocycles. The van der Waals surface area contributed by atoms with Gasteiger partial charge in [-0.05, 0) is 44.3 Å². The summed E-state index contributed by atoms with van der Waals surface area (Å²) in [5.74, 6) is -2.39. The lowest BCUT2D eigenvalue weighted by Crippen LogP contribution is -2.44. The zero-order valence-electron chi connectivity index (χ0n) is 17.8. The van der Waals surface area contributed by atoms with Gasteiger partial charge < -0.3 is 14.6 Å². The van der Waals surface area contributed by atoms with Crippen LogP contribution in [0.25, 0.3) is 0 Å².